The first-order chi connectivity index (χ1) is 3.29. The molecule has 0 amide bonds. The molecule has 1 aliphatic rings. The maximum Gasteiger partial charge on any atom is 0.0831 e. The fourth-order valence-electron chi connectivity index (χ4n) is 0.408. The Morgan fingerprint density at radius 1 is 1.86 bits per heavy atom. The molecule has 1 fully saturated rings. The molecule has 0 aromatic carbocycles. The number of aliphatic hydroxyl groups is 1. The van der Waals surface area contributed by atoms with E-state index >= 15 is 0 Å². The third-order valence-electron chi connectivity index (χ3n) is 0.720. The lowest BCUT2D eigenvalue weighted by Gasteiger charge is -1.88. The Hall–Kier alpha value is 0.460. The molecule has 0 aliphatic carbocycles. The van der Waals surface area contributed by atoms with E-state index in [1.807, 2.05) is 0 Å². The van der Waals surface area contributed by atoms with Gasteiger partial charge in [0.2, 0.25) is 0 Å². The summed E-state index contributed by atoms with van der Waals surface area (Å²) in [6.45, 7) is 0. The summed E-state index contributed by atoms with van der Waals surface area (Å²) in [7, 11) is 0.541. The van der Waals surface area contributed by atoms with E-state index in [2.05, 4.69) is 0 Å². The third-order valence-corrected chi connectivity index (χ3v) is 3.77. The van der Waals surface area contributed by atoms with Gasteiger partial charge >= 0.3 is 0 Å². The molecule has 1 rings (SSSR count). The monoisotopic (exact) mass is 138 g/mol. The molecule has 0 unspecified atom stereocenters. The van der Waals surface area contributed by atoms with Crippen LogP contribution < -0.4 is 0 Å². The second-order valence-corrected chi connectivity index (χ2v) is 4.74. The molecule has 7 heavy (non-hydrogen) atoms. The van der Waals surface area contributed by atoms with Crippen LogP contribution in [0.3, 0.4) is 0 Å². The zero-order valence-corrected chi connectivity index (χ0v) is 5.30. The largest absolute Gasteiger partial charge is 0.391 e. The molecule has 1 saturated heterocycles. The first-order valence-electron chi connectivity index (χ1n) is 1.99. The summed E-state index contributed by atoms with van der Waals surface area (Å²) in [5.41, 5.74) is 0. The van der Waals surface area contributed by atoms with Crippen molar-refractivity contribution in [1.82, 2.24) is 0 Å². The van der Waals surface area contributed by atoms with E-state index in [1.165, 1.54) is 10.8 Å². The van der Waals surface area contributed by atoms with E-state index in [0.29, 0.717) is 11.5 Å². The fourth-order valence-corrected chi connectivity index (χ4v) is 3.20. The molecule has 2 nitrogen and oxygen atoms in total. The topological polar surface area (TPSA) is 37.3 Å². The summed E-state index contributed by atoms with van der Waals surface area (Å²) in [5, 5.41) is 8.69. The van der Waals surface area contributed by atoms with Crippen molar-refractivity contribution in [2.24, 2.45) is 0 Å². The lowest BCUT2D eigenvalue weighted by molar-refractivity contribution is 0.226. The molecule has 2 atom stereocenters. The van der Waals surface area contributed by atoms with Crippen LogP contribution in [0.15, 0.2) is 0 Å². The minimum atomic E-state index is -0.786. The van der Waals surface area contributed by atoms with E-state index in [0.717, 1.165) is 0 Å². The minimum absolute atomic E-state index is 0.314. The third kappa shape index (κ3) is 1.44. The van der Waals surface area contributed by atoms with Gasteiger partial charge in [0, 0.05) is 5.75 Å². The summed E-state index contributed by atoms with van der Waals surface area (Å²) in [4.78, 5) is 0. The van der Waals surface area contributed by atoms with Gasteiger partial charge < -0.3 is 5.11 Å². The van der Waals surface area contributed by atoms with Crippen molar-refractivity contribution in [3.63, 3.8) is 0 Å². The van der Waals surface area contributed by atoms with E-state index < -0.39 is 9.83 Å². The average Bonchev–Trinajstić information content (AvgIpc) is 1.87. The highest BCUT2D eigenvalue weighted by Gasteiger charge is 2.18. The molecule has 0 spiro atoms. The van der Waals surface area contributed by atoms with Crippen LogP contribution in [0.5, 0.6) is 0 Å². The van der Waals surface area contributed by atoms with Gasteiger partial charge in [0.1, 0.15) is 0 Å². The van der Waals surface area contributed by atoms with Crippen molar-refractivity contribution in [2.45, 2.75) is 6.10 Å². The minimum Gasteiger partial charge on any atom is -0.391 e. The molecule has 0 aromatic heterocycles. The molecule has 0 aromatic rings. The molecular weight excluding hydrogens is 132 g/mol. The summed E-state index contributed by atoms with van der Waals surface area (Å²) >= 11 is 0. The standard InChI is InChI=1S/C3H6O2S2/c4-3-1-6-7(5)2-3/h3-4H,1-2H2/t3-,7+/m0/s1. The van der Waals surface area contributed by atoms with Crippen LogP contribution >= 0.6 is 10.8 Å². The zero-order valence-electron chi connectivity index (χ0n) is 3.66. The van der Waals surface area contributed by atoms with Crippen LogP contribution in [0.25, 0.3) is 0 Å². The highest BCUT2D eigenvalue weighted by atomic mass is 33.1. The number of aliphatic hydroxyl groups excluding tert-OH is 1. The number of hydrogen-bond acceptors (Lipinski definition) is 3. The van der Waals surface area contributed by atoms with Gasteiger partial charge in [-0.05, 0) is 0 Å². The molecule has 42 valence electrons. The average molecular weight is 138 g/mol. The molecule has 0 radical (unpaired) electrons. The Morgan fingerprint density at radius 3 is 2.71 bits per heavy atom. The van der Waals surface area contributed by atoms with Gasteiger partial charge in [-0.25, -0.2) is 4.21 Å². The van der Waals surface area contributed by atoms with E-state index in [1.54, 1.807) is 0 Å². The second kappa shape index (κ2) is 2.15. The maximum atomic E-state index is 10.4. The highest BCUT2D eigenvalue weighted by Crippen LogP contribution is 2.18. The quantitative estimate of drug-likeness (QED) is 0.469. The maximum absolute atomic E-state index is 10.4. The Labute approximate surface area is 48.2 Å². The van der Waals surface area contributed by atoms with Gasteiger partial charge in [0.05, 0.1) is 21.7 Å². The number of rotatable bonds is 0. The summed E-state index contributed by atoms with van der Waals surface area (Å²) in [6.07, 6.45) is -0.314. The Morgan fingerprint density at radius 2 is 2.57 bits per heavy atom. The summed E-state index contributed by atoms with van der Waals surface area (Å²) < 4.78 is 10.4. The van der Waals surface area contributed by atoms with Crippen molar-refractivity contribution in [2.75, 3.05) is 11.5 Å². The van der Waals surface area contributed by atoms with Crippen LogP contribution in [-0.4, -0.2) is 26.9 Å². The Kier molecular flexibility index (Phi) is 1.72. The van der Waals surface area contributed by atoms with E-state index in [-0.39, 0.29) is 6.10 Å². The summed E-state index contributed by atoms with van der Waals surface area (Å²) in [5.74, 6) is 1.11. The van der Waals surface area contributed by atoms with Crippen molar-refractivity contribution in [3.8, 4) is 0 Å². The molecular formula is C3H6O2S2. The Balaban J connectivity index is 2.40. The van der Waals surface area contributed by atoms with Gasteiger partial charge in [-0.15, -0.1) is 0 Å². The van der Waals surface area contributed by atoms with Crippen molar-refractivity contribution in [1.29, 1.82) is 0 Å². The van der Waals surface area contributed by atoms with Crippen LogP contribution in [0.1, 0.15) is 0 Å². The lowest BCUT2D eigenvalue weighted by atomic mass is 10.5. The van der Waals surface area contributed by atoms with Crippen molar-refractivity contribution in [3.05, 3.63) is 0 Å². The van der Waals surface area contributed by atoms with Crippen LogP contribution in [0.2, 0.25) is 0 Å². The van der Waals surface area contributed by atoms with Crippen LogP contribution in [0, 0.1) is 0 Å². The predicted octanol–water partition coefficient (Wildman–Crippen LogP) is -0.242. The van der Waals surface area contributed by atoms with Gasteiger partial charge in [-0.2, -0.15) is 0 Å². The van der Waals surface area contributed by atoms with Crippen LogP contribution in [0.4, 0.5) is 0 Å². The molecule has 4 heteroatoms. The van der Waals surface area contributed by atoms with Gasteiger partial charge in [0.25, 0.3) is 0 Å². The van der Waals surface area contributed by atoms with E-state index in [4.69, 9.17) is 5.11 Å². The predicted molar refractivity (Wildman–Crippen MR) is 31.5 cm³/mol. The molecule has 1 aliphatic heterocycles. The lowest BCUT2D eigenvalue weighted by Crippen LogP contribution is -2.07. The van der Waals surface area contributed by atoms with Crippen molar-refractivity contribution >= 4 is 20.6 Å². The SMILES string of the molecule is O=[S@]1C[C@@H](O)CS1. The molecule has 1 heterocycles. The van der Waals surface area contributed by atoms with Crippen molar-refractivity contribution < 1.29 is 9.32 Å². The second-order valence-electron chi connectivity index (χ2n) is 1.41. The smallest absolute Gasteiger partial charge is 0.0831 e. The normalized spacial score (nSPS) is 41.9. The van der Waals surface area contributed by atoms with Gasteiger partial charge in [-0.1, -0.05) is 10.8 Å². The Bertz CT molecular complexity index is 92.9. The van der Waals surface area contributed by atoms with Gasteiger partial charge in [0.15, 0.2) is 0 Å². The molecule has 0 saturated carbocycles. The summed E-state index contributed by atoms with van der Waals surface area (Å²) in [6, 6.07) is 0. The molecule has 1 N–H and O–H groups in total. The van der Waals surface area contributed by atoms with E-state index in [9.17, 15) is 4.21 Å². The first kappa shape index (κ1) is 5.59. The zero-order chi connectivity index (χ0) is 5.28. The van der Waals surface area contributed by atoms with Gasteiger partial charge in [-0.3, -0.25) is 0 Å². The molecule has 0 bridgehead atoms. The van der Waals surface area contributed by atoms with Crippen LogP contribution in [-0.2, 0) is 9.83 Å². The first-order valence-corrected chi connectivity index (χ1v) is 4.81. The number of hydrogen-bond donors (Lipinski definition) is 1. The highest BCUT2D eigenvalue weighted by molar-refractivity contribution is 8.69. The fraction of sp³-hybridized carbons (Fsp3) is 1.00.